The SMILES string of the molecule is Cc1cc(N(c2ccccc2)c2ccc(-c3ccccc3)cc2)ccc1-c1ccc(N(c2ccccc2)c2ccc(-c3ccccc3)cc2)cc1. The van der Waals surface area contributed by atoms with Crippen LogP contribution >= 0.6 is 0 Å². The third-order valence-electron chi connectivity index (χ3n) is 9.40. The fourth-order valence-electron chi connectivity index (χ4n) is 6.82. The monoisotopic (exact) mass is 654 g/mol. The summed E-state index contributed by atoms with van der Waals surface area (Å²) in [6.45, 7) is 2.21. The van der Waals surface area contributed by atoms with E-state index >= 15 is 0 Å². The fourth-order valence-corrected chi connectivity index (χ4v) is 6.82. The summed E-state index contributed by atoms with van der Waals surface area (Å²) < 4.78 is 0. The van der Waals surface area contributed by atoms with E-state index in [0.29, 0.717) is 0 Å². The quantitative estimate of drug-likeness (QED) is 0.153. The van der Waals surface area contributed by atoms with Crippen LogP contribution in [0.25, 0.3) is 33.4 Å². The van der Waals surface area contributed by atoms with Crippen LogP contribution in [0, 0.1) is 6.92 Å². The van der Waals surface area contributed by atoms with Crippen molar-refractivity contribution < 1.29 is 0 Å². The average Bonchev–Trinajstić information content (AvgIpc) is 3.21. The number of rotatable bonds is 9. The van der Waals surface area contributed by atoms with Crippen molar-refractivity contribution in [1.29, 1.82) is 0 Å². The van der Waals surface area contributed by atoms with Gasteiger partial charge in [-0.1, -0.05) is 140 Å². The molecule has 8 aromatic rings. The lowest BCUT2D eigenvalue weighted by molar-refractivity contribution is 1.27. The number of benzene rings is 8. The summed E-state index contributed by atoms with van der Waals surface area (Å²) in [5.74, 6) is 0. The second-order valence-electron chi connectivity index (χ2n) is 12.7. The van der Waals surface area contributed by atoms with Gasteiger partial charge in [0.25, 0.3) is 0 Å². The summed E-state index contributed by atoms with van der Waals surface area (Å²) in [4.78, 5) is 4.64. The Bertz CT molecular complexity index is 2320. The topological polar surface area (TPSA) is 6.48 Å². The standard InChI is InChI=1S/C49H38N2/c1-37-36-48(51(44-20-12-5-13-21-44)47-30-24-41(25-31-47)39-16-8-3-9-17-39)34-35-49(37)42-26-32-46(33-27-42)50(43-18-10-4-11-19-43)45-28-22-40(23-29-45)38-14-6-2-7-15-38/h2-36H,1H3. The van der Waals surface area contributed by atoms with Crippen molar-refractivity contribution in [3.05, 3.63) is 218 Å². The molecule has 8 aromatic carbocycles. The molecule has 8 rings (SSSR count). The van der Waals surface area contributed by atoms with Gasteiger partial charge in [0.1, 0.15) is 0 Å². The van der Waals surface area contributed by atoms with Gasteiger partial charge in [-0.3, -0.25) is 0 Å². The Morgan fingerprint density at radius 2 is 0.549 bits per heavy atom. The summed E-state index contributed by atoms with van der Waals surface area (Å²) in [5, 5.41) is 0. The minimum absolute atomic E-state index is 1.11. The first-order valence-electron chi connectivity index (χ1n) is 17.4. The Morgan fingerprint density at radius 1 is 0.255 bits per heavy atom. The van der Waals surface area contributed by atoms with E-state index in [0.717, 1.165) is 34.1 Å². The minimum atomic E-state index is 1.11. The molecule has 0 aliphatic heterocycles. The van der Waals surface area contributed by atoms with Gasteiger partial charge in [0.15, 0.2) is 0 Å². The molecule has 2 nitrogen and oxygen atoms in total. The van der Waals surface area contributed by atoms with Crippen LogP contribution in [0.15, 0.2) is 212 Å². The molecular weight excluding hydrogens is 617 g/mol. The van der Waals surface area contributed by atoms with Gasteiger partial charge in [-0.2, -0.15) is 0 Å². The summed E-state index contributed by atoms with van der Waals surface area (Å²) in [6, 6.07) is 75.6. The molecule has 0 heterocycles. The molecule has 244 valence electrons. The first-order chi connectivity index (χ1) is 25.2. The Balaban J connectivity index is 1.10. The van der Waals surface area contributed by atoms with Crippen LogP contribution in [0.3, 0.4) is 0 Å². The van der Waals surface area contributed by atoms with E-state index in [4.69, 9.17) is 0 Å². The van der Waals surface area contributed by atoms with E-state index in [1.807, 2.05) is 0 Å². The van der Waals surface area contributed by atoms with Crippen molar-refractivity contribution in [2.75, 3.05) is 9.80 Å². The number of para-hydroxylation sites is 2. The predicted molar refractivity (Wildman–Crippen MR) is 217 cm³/mol. The van der Waals surface area contributed by atoms with Crippen molar-refractivity contribution in [2.45, 2.75) is 6.92 Å². The van der Waals surface area contributed by atoms with Crippen molar-refractivity contribution in [1.82, 2.24) is 0 Å². The summed E-state index contributed by atoms with van der Waals surface area (Å²) >= 11 is 0. The number of hydrogen-bond donors (Lipinski definition) is 0. The maximum Gasteiger partial charge on any atom is 0.0464 e. The lowest BCUT2D eigenvalue weighted by Gasteiger charge is -2.27. The zero-order valence-electron chi connectivity index (χ0n) is 28.6. The minimum Gasteiger partial charge on any atom is -0.311 e. The van der Waals surface area contributed by atoms with Crippen LogP contribution in [-0.2, 0) is 0 Å². The molecule has 0 aromatic heterocycles. The number of nitrogens with zero attached hydrogens (tertiary/aromatic N) is 2. The van der Waals surface area contributed by atoms with Gasteiger partial charge in [-0.25, -0.2) is 0 Å². The van der Waals surface area contributed by atoms with Crippen molar-refractivity contribution in [2.24, 2.45) is 0 Å². The van der Waals surface area contributed by atoms with Gasteiger partial charge in [0.2, 0.25) is 0 Å². The highest BCUT2D eigenvalue weighted by atomic mass is 15.1. The molecule has 0 unspecified atom stereocenters. The predicted octanol–water partition coefficient (Wildman–Crippen LogP) is 13.9. The van der Waals surface area contributed by atoms with E-state index in [9.17, 15) is 0 Å². The zero-order chi connectivity index (χ0) is 34.4. The molecule has 0 aliphatic rings. The molecular formula is C49H38N2. The largest absolute Gasteiger partial charge is 0.311 e. The summed E-state index contributed by atoms with van der Waals surface area (Å²) in [7, 11) is 0. The van der Waals surface area contributed by atoms with Crippen LogP contribution in [0.2, 0.25) is 0 Å². The van der Waals surface area contributed by atoms with Crippen molar-refractivity contribution >= 4 is 34.1 Å². The molecule has 2 heteroatoms. The van der Waals surface area contributed by atoms with E-state index in [1.54, 1.807) is 0 Å². The molecule has 0 radical (unpaired) electrons. The normalized spacial score (nSPS) is 10.8. The van der Waals surface area contributed by atoms with E-state index in [-0.39, 0.29) is 0 Å². The Hall–Kier alpha value is -6.64. The van der Waals surface area contributed by atoms with Crippen LogP contribution < -0.4 is 9.80 Å². The molecule has 0 atom stereocenters. The fraction of sp³-hybridized carbons (Fsp3) is 0.0204. The van der Waals surface area contributed by atoms with Crippen molar-refractivity contribution in [3.63, 3.8) is 0 Å². The average molecular weight is 655 g/mol. The van der Waals surface area contributed by atoms with Crippen LogP contribution in [0.4, 0.5) is 34.1 Å². The van der Waals surface area contributed by atoms with E-state index in [1.165, 1.54) is 38.9 Å². The molecule has 51 heavy (non-hydrogen) atoms. The first kappa shape index (κ1) is 31.6. The second-order valence-corrected chi connectivity index (χ2v) is 12.7. The zero-order valence-corrected chi connectivity index (χ0v) is 28.6. The molecule has 0 N–H and O–H groups in total. The number of hydrogen-bond acceptors (Lipinski definition) is 2. The third kappa shape index (κ3) is 6.81. The molecule has 0 amide bonds. The maximum atomic E-state index is 2.33. The van der Waals surface area contributed by atoms with Gasteiger partial charge in [0, 0.05) is 34.1 Å². The van der Waals surface area contributed by atoms with Gasteiger partial charge in [0.05, 0.1) is 0 Å². The van der Waals surface area contributed by atoms with E-state index in [2.05, 4.69) is 229 Å². The van der Waals surface area contributed by atoms with Crippen LogP contribution in [-0.4, -0.2) is 0 Å². The summed E-state index contributed by atoms with van der Waals surface area (Å²) in [6.07, 6.45) is 0. The molecule has 0 aliphatic carbocycles. The highest BCUT2D eigenvalue weighted by molar-refractivity contribution is 5.83. The molecule has 0 saturated carbocycles. The highest BCUT2D eigenvalue weighted by Gasteiger charge is 2.16. The lowest BCUT2D eigenvalue weighted by Crippen LogP contribution is -2.10. The molecule has 0 spiro atoms. The maximum absolute atomic E-state index is 2.33. The van der Waals surface area contributed by atoms with Gasteiger partial charge in [-0.05, 0) is 119 Å². The first-order valence-corrected chi connectivity index (χ1v) is 17.4. The van der Waals surface area contributed by atoms with E-state index < -0.39 is 0 Å². The highest BCUT2D eigenvalue weighted by Crippen LogP contribution is 2.40. The Morgan fingerprint density at radius 3 is 0.941 bits per heavy atom. The van der Waals surface area contributed by atoms with Crippen LogP contribution in [0.5, 0.6) is 0 Å². The molecule has 0 saturated heterocycles. The number of aryl methyl sites for hydroxylation is 1. The van der Waals surface area contributed by atoms with Gasteiger partial charge < -0.3 is 9.80 Å². The third-order valence-corrected chi connectivity index (χ3v) is 9.40. The lowest BCUT2D eigenvalue weighted by atomic mass is 9.98. The van der Waals surface area contributed by atoms with Gasteiger partial charge in [-0.15, -0.1) is 0 Å². The summed E-state index contributed by atoms with van der Waals surface area (Å²) in [5.41, 5.74) is 15.2. The van der Waals surface area contributed by atoms with Gasteiger partial charge >= 0.3 is 0 Å². The smallest absolute Gasteiger partial charge is 0.0464 e. The van der Waals surface area contributed by atoms with Crippen LogP contribution in [0.1, 0.15) is 5.56 Å². The Kier molecular flexibility index (Phi) is 8.96. The molecule has 0 bridgehead atoms. The number of anilines is 6. The Labute approximate surface area is 301 Å². The second kappa shape index (κ2) is 14.5. The van der Waals surface area contributed by atoms with Crippen molar-refractivity contribution in [3.8, 4) is 33.4 Å². The molecule has 0 fully saturated rings.